The van der Waals surface area contributed by atoms with Crippen molar-refractivity contribution in [2.45, 2.75) is 70.1 Å². The molecular formula is C19H35N5O8. The summed E-state index contributed by atoms with van der Waals surface area (Å²) >= 11 is 0. The lowest BCUT2D eigenvalue weighted by Gasteiger charge is -2.27. The maximum Gasteiger partial charge on any atom is 0.326 e. The summed E-state index contributed by atoms with van der Waals surface area (Å²) in [5, 5.41) is 34.5. The van der Waals surface area contributed by atoms with E-state index in [1.54, 1.807) is 13.8 Å². The Labute approximate surface area is 186 Å². The molecule has 0 rings (SSSR count). The molecule has 0 heterocycles. The highest BCUT2D eigenvalue weighted by Crippen LogP contribution is 2.10. The number of nitrogens with two attached hydrogens (primary N) is 2. The minimum atomic E-state index is -1.48. The number of amides is 3. The van der Waals surface area contributed by atoms with E-state index in [0.717, 1.165) is 0 Å². The van der Waals surface area contributed by atoms with Crippen LogP contribution in [-0.2, 0) is 24.0 Å². The first kappa shape index (κ1) is 29.2. The predicted octanol–water partition coefficient (Wildman–Crippen LogP) is -2.51. The fourth-order valence-corrected chi connectivity index (χ4v) is 2.72. The molecule has 0 aliphatic rings. The summed E-state index contributed by atoms with van der Waals surface area (Å²) in [4.78, 5) is 59.4. The zero-order chi connectivity index (χ0) is 24.8. The minimum Gasteiger partial charge on any atom is -0.481 e. The molecule has 5 atom stereocenters. The first-order chi connectivity index (χ1) is 15.0. The minimum absolute atomic E-state index is 0.163. The van der Waals surface area contributed by atoms with Crippen molar-refractivity contribution in [1.29, 1.82) is 0 Å². The van der Waals surface area contributed by atoms with Gasteiger partial charge in [-0.3, -0.25) is 19.2 Å². The van der Waals surface area contributed by atoms with Crippen LogP contribution in [0.4, 0.5) is 0 Å². The van der Waals surface area contributed by atoms with Crippen molar-refractivity contribution in [3.63, 3.8) is 0 Å². The molecule has 0 aromatic heterocycles. The summed E-state index contributed by atoms with van der Waals surface area (Å²) in [5.41, 5.74) is 10.8. The Morgan fingerprint density at radius 3 is 1.97 bits per heavy atom. The van der Waals surface area contributed by atoms with E-state index in [0.29, 0.717) is 25.8 Å². The van der Waals surface area contributed by atoms with Gasteiger partial charge in [-0.15, -0.1) is 0 Å². The fraction of sp³-hybridized carbons (Fsp3) is 0.737. The van der Waals surface area contributed by atoms with Crippen LogP contribution in [0.15, 0.2) is 0 Å². The van der Waals surface area contributed by atoms with Crippen molar-refractivity contribution in [2.75, 3.05) is 13.2 Å². The average Bonchev–Trinajstić information content (AvgIpc) is 2.73. The van der Waals surface area contributed by atoms with Gasteiger partial charge in [0.2, 0.25) is 17.7 Å². The molecule has 5 unspecified atom stereocenters. The molecule has 0 fully saturated rings. The van der Waals surface area contributed by atoms with E-state index in [1.807, 2.05) is 0 Å². The van der Waals surface area contributed by atoms with Crippen LogP contribution in [0.1, 0.15) is 46.0 Å². The summed E-state index contributed by atoms with van der Waals surface area (Å²) in [7, 11) is 0. The third-order valence-electron chi connectivity index (χ3n) is 4.90. The van der Waals surface area contributed by atoms with Crippen LogP contribution in [0.3, 0.4) is 0 Å². The van der Waals surface area contributed by atoms with Crippen molar-refractivity contribution in [1.82, 2.24) is 16.0 Å². The van der Waals surface area contributed by atoms with E-state index < -0.39 is 72.8 Å². The van der Waals surface area contributed by atoms with Crippen molar-refractivity contribution in [3.05, 3.63) is 0 Å². The zero-order valence-corrected chi connectivity index (χ0v) is 18.4. The molecule has 0 aromatic carbocycles. The zero-order valence-electron chi connectivity index (χ0n) is 18.4. The molecule has 0 saturated heterocycles. The number of nitrogens with one attached hydrogen (secondary N) is 3. The van der Waals surface area contributed by atoms with Crippen molar-refractivity contribution < 1.29 is 39.3 Å². The van der Waals surface area contributed by atoms with Crippen molar-refractivity contribution in [3.8, 4) is 0 Å². The predicted molar refractivity (Wildman–Crippen MR) is 113 cm³/mol. The molecule has 0 aliphatic heterocycles. The number of aliphatic hydroxyl groups is 1. The molecular weight excluding hydrogens is 426 g/mol. The van der Waals surface area contributed by atoms with E-state index >= 15 is 0 Å². The maximum atomic E-state index is 12.7. The number of hydrogen-bond donors (Lipinski definition) is 8. The van der Waals surface area contributed by atoms with Crippen LogP contribution >= 0.6 is 0 Å². The van der Waals surface area contributed by atoms with Crippen LogP contribution in [0.25, 0.3) is 0 Å². The Kier molecular flexibility index (Phi) is 13.8. The Bertz CT molecular complexity index is 660. The second kappa shape index (κ2) is 15.1. The lowest BCUT2D eigenvalue weighted by atomic mass is 9.97. The standard InChI is InChI=1S/C19H35N5O8/c1-3-10(2)15(18(30)22-12(19(31)32)6-4-5-7-20)24-17(29)13(9-25)23-16(28)11(21)8-14(26)27/h10-13,15,25H,3-9,20-21H2,1-2H3,(H,22,30)(H,23,28)(H,24,29)(H,26,27)(H,31,32). The molecule has 0 spiro atoms. The van der Waals surface area contributed by atoms with E-state index in [2.05, 4.69) is 16.0 Å². The summed E-state index contributed by atoms with van der Waals surface area (Å²) < 4.78 is 0. The number of carbonyl (C=O) groups is 5. The lowest BCUT2D eigenvalue weighted by molar-refractivity contribution is -0.143. The Hall–Kier alpha value is -2.77. The topological polar surface area (TPSA) is 234 Å². The molecule has 10 N–H and O–H groups in total. The molecule has 0 radical (unpaired) electrons. The fourth-order valence-electron chi connectivity index (χ4n) is 2.72. The van der Waals surface area contributed by atoms with Crippen molar-refractivity contribution in [2.24, 2.45) is 17.4 Å². The maximum absolute atomic E-state index is 12.7. The van der Waals surface area contributed by atoms with Crippen LogP contribution in [0, 0.1) is 5.92 Å². The molecule has 3 amide bonds. The van der Waals surface area contributed by atoms with Gasteiger partial charge in [-0.25, -0.2) is 4.79 Å². The number of aliphatic carboxylic acids is 2. The first-order valence-corrected chi connectivity index (χ1v) is 10.4. The van der Waals surface area contributed by atoms with E-state index in [-0.39, 0.29) is 6.42 Å². The van der Waals surface area contributed by atoms with Gasteiger partial charge in [0.05, 0.1) is 19.1 Å². The number of unbranched alkanes of at least 4 members (excludes halogenated alkanes) is 1. The normalized spacial score (nSPS) is 15.5. The number of hydrogen-bond acceptors (Lipinski definition) is 8. The monoisotopic (exact) mass is 461 g/mol. The van der Waals surface area contributed by atoms with E-state index in [9.17, 15) is 34.2 Å². The third kappa shape index (κ3) is 10.5. The molecule has 184 valence electrons. The number of carbonyl (C=O) groups excluding carboxylic acids is 3. The molecule has 0 aromatic rings. The average molecular weight is 462 g/mol. The summed E-state index contributed by atoms with van der Waals surface area (Å²) in [6.07, 6.45) is 1.03. The molecule has 13 heteroatoms. The van der Waals surface area contributed by atoms with Gasteiger partial charge >= 0.3 is 11.9 Å². The SMILES string of the molecule is CCC(C)C(NC(=O)C(CO)NC(=O)C(N)CC(=O)O)C(=O)NC(CCCCN)C(=O)O. The van der Waals surface area contributed by atoms with Gasteiger partial charge in [-0.05, 0) is 31.7 Å². The molecule has 0 aliphatic carbocycles. The van der Waals surface area contributed by atoms with Gasteiger partial charge in [0.25, 0.3) is 0 Å². The number of rotatable bonds is 16. The van der Waals surface area contributed by atoms with Gasteiger partial charge in [-0.2, -0.15) is 0 Å². The van der Waals surface area contributed by atoms with Crippen LogP contribution < -0.4 is 27.4 Å². The highest BCUT2D eigenvalue weighted by atomic mass is 16.4. The van der Waals surface area contributed by atoms with E-state index in [4.69, 9.17) is 16.6 Å². The second-order valence-electron chi connectivity index (χ2n) is 7.50. The second-order valence-corrected chi connectivity index (χ2v) is 7.50. The van der Waals surface area contributed by atoms with Gasteiger partial charge < -0.3 is 42.7 Å². The quantitative estimate of drug-likeness (QED) is 0.112. The highest BCUT2D eigenvalue weighted by Gasteiger charge is 2.32. The van der Waals surface area contributed by atoms with Gasteiger partial charge in [0.1, 0.15) is 18.1 Å². The smallest absolute Gasteiger partial charge is 0.326 e. The number of carboxylic acids is 2. The Balaban J connectivity index is 5.27. The van der Waals surface area contributed by atoms with Crippen LogP contribution in [0.2, 0.25) is 0 Å². The van der Waals surface area contributed by atoms with E-state index in [1.165, 1.54) is 0 Å². The van der Waals surface area contributed by atoms with Gasteiger partial charge in [0, 0.05) is 0 Å². The molecule has 0 saturated carbocycles. The summed E-state index contributed by atoms with van der Waals surface area (Å²) in [5.74, 6) is -5.53. The van der Waals surface area contributed by atoms with Gasteiger partial charge in [0.15, 0.2) is 0 Å². The Morgan fingerprint density at radius 1 is 0.906 bits per heavy atom. The summed E-state index contributed by atoms with van der Waals surface area (Å²) in [6.45, 7) is 2.99. The Morgan fingerprint density at radius 2 is 1.50 bits per heavy atom. The van der Waals surface area contributed by atoms with Crippen molar-refractivity contribution >= 4 is 29.7 Å². The number of aliphatic hydroxyl groups excluding tert-OH is 1. The number of carboxylic acid groups (broad SMARTS) is 2. The largest absolute Gasteiger partial charge is 0.481 e. The summed E-state index contributed by atoms with van der Waals surface area (Å²) in [6, 6.07) is -5.23. The van der Waals surface area contributed by atoms with Crippen LogP contribution in [0.5, 0.6) is 0 Å². The lowest BCUT2D eigenvalue weighted by Crippen LogP contribution is -2.59. The molecule has 13 nitrogen and oxygen atoms in total. The highest BCUT2D eigenvalue weighted by molar-refractivity contribution is 5.94. The molecule has 32 heavy (non-hydrogen) atoms. The molecule has 0 bridgehead atoms. The third-order valence-corrected chi connectivity index (χ3v) is 4.90. The van der Waals surface area contributed by atoms with Crippen LogP contribution in [-0.4, -0.2) is 82.3 Å². The van der Waals surface area contributed by atoms with Gasteiger partial charge in [-0.1, -0.05) is 20.3 Å². The first-order valence-electron chi connectivity index (χ1n) is 10.4.